The van der Waals surface area contributed by atoms with E-state index in [-0.39, 0.29) is 0 Å². The van der Waals surface area contributed by atoms with Gasteiger partial charge in [-0.15, -0.1) is 0 Å². The van der Waals surface area contributed by atoms with Gasteiger partial charge in [0.05, 0.1) is 0 Å². The fourth-order valence-electron chi connectivity index (χ4n) is 2.77. The third kappa shape index (κ3) is 1.68. The topological polar surface area (TPSA) is 15.3 Å². The maximum absolute atomic E-state index is 3.37. The molecule has 1 N–H and O–H groups in total. The first-order valence-electron chi connectivity index (χ1n) is 5.96. The molecule has 2 fully saturated rings. The lowest BCUT2D eigenvalue weighted by atomic mass is 10.0. The van der Waals surface area contributed by atoms with Crippen LogP contribution < -0.4 is 5.32 Å². The molecule has 0 spiro atoms. The second-order valence-corrected chi connectivity index (χ2v) is 4.62. The highest BCUT2D eigenvalue weighted by Crippen LogP contribution is 2.34. The van der Waals surface area contributed by atoms with Crippen LogP contribution in [-0.4, -0.2) is 30.6 Å². The maximum Gasteiger partial charge on any atom is 0.0352 e. The van der Waals surface area contributed by atoms with E-state index in [1.165, 1.54) is 38.0 Å². The summed E-state index contributed by atoms with van der Waals surface area (Å²) in [5.41, 5.74) is 1.50. The van der Waals surface area contributed by atoms with Crippen LogP contribution in [0.3, 0.4) is 0 Å². The fourth-order valence-corrected chi connectivity index (χ4v) is 2.77. The van der Waals surface area contributed by atoms with E-state index in [0.717, 1.165) is 6.04 Å². The number of likely N-dealkylation sites (tertiary alicyclic amines) is 1. The van der Waals surface area contributed by atoms with Gasteiger partial charge in [-0.3, -0.25) is 4.90 Å². The Kier molecular flexibility index (Phi) is 2.47. The van der Waals surface area contributed by atoms with Crippen LogP contribution in [0.1, 0.15) is 24.4 Å². The molecule has 3 rings (SSSR count). The average Bonchev–Trinajstić information content (AvgIpc) is 2.65. The highest BCUT2D eigenvalue weighted by molar-refractivity contribution is 5.20. The van der Waals surface area contributed by atoms with Crippen LogP contribution in [0.5, 0.6) is 0 Å². The quantitative estimate of drug-likeness (QED) is 0.786. The van der Waals surface area contributed by atoms with Crippen molar-refractivity contribution < 1.29 is 0 Å². The van der Waals surface area contributed by atoms with Gasteiger partial charge in [0, 0.05) is 25.2 Å². The minimum atomic E-state index is 0.679. The van der Waals surface area contributed by atoms with Gasteiger partial charge in [-0.05, 0) is 24.9 Å². The third-order valence-electron chi connectivity index (χ3n) is 3.71. The zero-order valence-corrected chi connectivity index (χ0v) is 9.02. The second-order valence-electron chi connectivity index (χ2n) is 4.62. The summed E-state index contributed by atoms with van der Waals surface area (Å²) in [6.45, 7) is 3.65. The van der Waals surface area contributed by atoms with E-state index in [1.54, 1.807) is 0 Å². The van der Waals surface area contributed by atoms with Crippen molar-refractivity contribution in [3.8, 4) is 0 Å². The lowest BCUT2D eigenvalue weighted by Gasteiger charge is -2.39. The minimum absolute atomic E-state index is 0.679. The number of nitrogens with zero attached hydrogens (tertiary/aromatic N) is 1. The van der Waals surface area contributed by atoms with Crippen molar-refractivity contribution in [2.24, 2.45) is 0 Å². The zero-order valence-electron chi connectivity index (χ0n) is 9.02. The van der Waals surface area contributed by atoms with Crippen molar-refractivity contribution in [1.82, 2.24) is 10.2 Å². The maximum atomic E-state index is 3.37. The van der Waals surface area contributed by atoms with Gasteiger partial charge in [-0.25, -0.2) is 0 Å². The normalized spacial score (nSPS) is 27.9. The number of rotatable bonds is 2. The van der Waals surface area contributed by atoms with Gasteiger partial charge in [-0.1, -0.05) is 30.3 Å². The molecule has 2 nitrogen and oxygen atoms in total. The molecule has 80 valence electrons. The highest BCUT2D eigenvalue weighted by atomic mass is 15.3. The number of benzene rings is 1. The predicted octanol–water partition coefficient (Wildman–Crippen LogP) is 1.80. The monoisotopic (exact) mass is 202 g/mol. The van der Waals surface area contributed by atoms with Crippen LogP contribution >= 0.6 is 0 Å². The molecule has 0 amide bonds. The molecule has 2 aliphatic rings. The summed E-state index contributed by atoms with van der Waals surface area (Å²) in [4.78, 5) is 2.69. The van der Waals surface area contributed by atoms with E-state index in [2.05, 4.69) is 40.5 Å². The van der Waals surface area contributed by atoms with E-state index in [9.17, 15) is 0 Å². The summed E-state index contributed by atoms with van der Waals surface area (Å²) >= 11 is 0. The second kappa shape index (κ2) is 3.95. The first-order chi connectivity index (χ1) is 7.45. The Balaban J connectivity index is 1.79. The smallest absolute Gasteiger partial charge is 0.0352 e. The Morgan fingerprint density at radius 2 is 1.93 bits per heavy atom. The molecule has 2 aliphatic heterocycles. The first kappa shape index (κ1) is 9.37. The predicted molar refractivity (Wildman–Crippen MR) is 61.8 cm³/mol. The summed E-state index contributed by atoms with van der Waals surface area (Å²) in [5, 5.41) is 3.37. The van der Waals surface area contributed by atoms with Crippen molar-refractivity contribution in [3.05, 3.63) is 35.9 Å². The van der Waals surface area contributed by atoms with Gasteiger partial charge in [0.1, 0.15) is 0 Å². The summed E-state index contributed by atoms with van der Waals surface area (Å²) < 4.78 is 0. The van der Waals surface area contributed by atoms with Crippen molar-refractivity contribution >= 4 is 0 Å². The zero-order chi connectivity index (χ0) is 10.1. The van der Waals surface area contributed by atoms with E-state index in [1.807, 2.05) is 0 Å². The largest absolute Gasteiger partial charge is 0.314 e. The minimum Gasteiger partial charge on any atom is -0.314 e. The molecule has 2 saturated heterocycles. The lowest BCUT2D eigenvalue weighted by molar-refractivity contribution is 0.132. The van der Waals surface area contributed by atoms with Gasteiger partial charge < -0.3 is 5.32 Å². The molecule has 2 heterocycles. The summed E-state index contributed by atoms with van der Waals surface area (Å²) in [7, 11) is 0. The first-order valence-corrected chi connectivity index (χ1v) is 5.96. The van der Waals surface area contributed by atoms with Crippen LogP contribution in [0.25, 0.3) is 0 Å². The molecule has 1 atom stereocenters. The van der Waals surface area contributed by atoms with Gasteiger partial charge in [0.2, 0.25) is 0 Å². The average molecular weight is 202 g/mol. The van der Waals surface area contributed by atoms with Gasteiger partial charge in [0.15, 0.2) is 0 Å². The van der Waals surface area contributed by atoms with Crippen molar-refractivity contribution in [2.75, 3.05) is 19.6 Å². The molecule has 0 bridgehead atoms. The van der Waals surface area contributed by atoms with Gasteiger partial charge >= 0.3 is 0 Å². The van der Waals surface area contributed by atoms with Crippen LogP contribution in [0.15, 0.2) is 30.3 Å². The Morgan fingerprint density at radius 1 is 1.13 bits per heavy atom. The highest BCUT2D eigenvalue weighted by Gasteiger charge is 2.34. The molecule has 0 aliphatic carbocycles. The Bertz CT molecular complexity index is 319. The molecule has 0 aromatic heterocycles. The Hall–Kier alpha value is -0.860. The Morgan fingerprint density at radius 3 is 2.60 bits per heavy atom. The molecule has 1 unspecified atom stereocenters. The van der Waals surface area contributed by atoms with Gasteiger partial charge in [-0.2, -0.15) is 0 Å². The van der Waals surface area contributed by atoms with E-state index < -0.39 is 0 Å². The summed E-state index contributed by atoms with van der Waals surface area (Å²) in [6.07, 6.45) is 2.69. The molecule has 1 aromatic rings. The number of nitrogens with one attached hydrogen (secondary N) is 1. The number of hydrogen-bond acceptors (Lipinski definition) is 2. The Labute approximate surface area is 91.3 Å². The van der Waals surface area contributed by atoms with Crippen molar-refractivity contribution in [1.29, 1.82) is 0 Å². The van der Waals surface area contributed by atoms with E-state index in [4.69, 9.17) is 0 Å². The lowest BCUT2D eigenvalue weighted by Crippen LogP contribution is -2.56. The van der Waals surface area contributed by atoms with Crippen molar-refractivity contribution in [2.45, 2.75) is 24.9 Å². The van der Waals surface area contributed by atoms with Crippen LogP contribution in [0.4, 0.5) is 0 Å². The molecule has 0 saturated carbocycles. The molecule has 0 radical (unpaired) electrons. The standard InChI is InChI=1S/C13H18N2/c1-2-5-11(6-3-1)13-7-4-8-15(13)12-9-14-10-12/h1-3,5-6,12-14H,4,7-10H2. The molecule has 15 heavy (non-hydrogen) atoms. The molecular formula is C13H18N2. The van der Waals surface area contributed by atoms with Crippen LogP contribution in [0.2, 0.25) is 0 Å². The van der Waals surface area contributed by atoms with Crippen molar-refractivity contribution in [3.63, 3.8) is 0 Å². The van der Waals surface area contributed by atoms with E-state index in [0.29, 0.717) is 6.04 Å². The van der Waals surface area contributed by atoms with Crippen LogP contribution in [-0.2, 0) is 0 Å². The summed E-state index contributed by atoms with van der Waals surface area (Å²) in [6, 6.07) is 12.4. The third-order valence-corrected chi connectivity index (χ3v) is 3.71. The number of hydrogen-bond donors (Lipinski definition) is 1. The summed E-state index contributed by atoms with van der Waals surface area (Å²) in [5.74, 6) is 0. The molecule has 1 aromatic carbocycles. The SMILES string of the molecule is c1ccc(C2CCCN2C2CNC2)cc1. The molecular weight excluding hydrogens is 184 g/mol. The van der Waals surface area contributed by atoms with Gasteiger partial charge in [0.25, 0.3) is 0 Å². The van der Waals surface area contributed by atoms with Crippen LogP contribution in [0, 0.1) is 0 Å². The molecule has 2 heteroatoms. The van der Waals surface area contributed by atoms with E-state index >= 15 is 0 Å². The fraction of sp³-hybridized carbons (Fsp3) is 0.538.